The highest BCUT2D eigenvalue weighted by Crippen LogP contribution is 2.44. The van der Waals surface area contributed by atoms with Crippen LogP contribution in [-0.2, 0) is 24.0 Å². The summed E-state index contributed by atoms with van der Waals surface area (Å²) < 4.78 is 4.92. The molecule has 90 heavy (non-hydrogen) atoms. The van der Waals surface area contributed by atoms with Gasteiger partial charge < -0.3 is 51.1 Å². The number of rotatable bonds is 29. The van der Waals surface area contributed by atoms with Crippen LogP contribution in [0.4, 0.5) is 34.1 Å². The molecule has 3 atom stereocenters. The van der Waals surface area contributed by atoms with Gasteiger partial charge in [0.15, 0.2) is 28.4 Å². The number of amides is 2. The first-order valence-corrected chi connectivity index (χ1v) is 32.4. The molecule has 0 saturated heterocycles. The summed E-state index contributed by atoms with van der Waals surface area (Å²) in [5.74, 6) is -5.24. The second-order valence-electron chi connectivity index (χ2n) is 18.7. The number of halogens is 3. The number of aromatic nitrogens is 9. The van der Waals surface area contributed by atoms with Crippen molar-refractivity contribution < 1.29 is 54.6 Å². The maximum atomic E-state index is 13.9. The molecular weight excluding hydrogens is 1350 g/mol. The van der Waals surface area contributed by atoms with Crippen LogP contribution in [0.15, 0.2) is 177 Å². The van der Waals surface area contributed by atoms with Crippen molar-refractivity contribution >= 4 is 167 Å². The van der Waals surface area contributed by atoms with Gasteiger partial charge in [0.2, 0.25) is 32.4 Å². The fourth-order valence-electron chi connectivity index (χ4n) is 8.67. The van der Waals surface area contributed by atoms with Gasteiger partial charge in [-0.15, -0.1) is 55.8 Å². The van der Waals surface area contributed by atoms with Gasteiger partial charge in [-0.2, -0.15) is 0 Å². The summed E-state index contributed by atoms with van der Waals surface area (Å²) in [7, 11) is 4.47. The minimum atomic E-state index is -1.49. The van der Waals surface area contributed by atoms with Gasteiger partial charge >= 0.3 is 17.9 Å². The third-order valence-corrected chi connectivity index (χ3v) is 18.3. The lowest BCUT2D eigenvalue weighted by Gasteiger charge is -2.31. The van der Waals surface area contributed by atoms with E-state index in [2.05, 4.69) is 71.9 Å². The lowest BCUT2D eigenvalue weighted by Crippen LogP contribution is -2.47. The van der Waals surface area contributed by atoms with Gasteiger partial charge in [-0.05, 0) is 171 Å². The number of hydrazine groups is 1. The molecule has 0 aliphatic carbocycles. The van der Waals surface area contributed by atoms with E-state index < -0.39 is 80.8 Å². The zero-order valence-corrected chi connectivity index (χ0v) is 53.2. The van der Waals surface area contributed by atoms with E-state index in [1.165, 1.54) is 63.3 Å². The second kappa shape index (κ2) is 30.8. The van der Waals surface area contributed by atoms with Gasteiger partial charge in [0.1, 0.15) is 0 Å². The van der Waals surface area contributed by atoms with Crippen molar-refractivity contribution in [1.82, 2.24) is 44.3 Å². The number of hydrogen-bond donors (Lipinski definition) is 11. The van der Waals surface area contributed by atoms with Crippen LogP contribution in [0.3, 0.4) is 0 Å². The summed E-state index contributed by atoms with van der Waals surface area (Å²) >= 11 is 27.6. The molecule has 0 bridgehead atoms. The lowest BCUT2D eigenvalue weighted by molar-refractivity contribution is -0.140. The molecule has 9 aromatic rings. The standard InChI is InChI=1S/C55H48Cl3N15O11S6/c56-30-10-16-36(17-11-30)68(42(27-74)47(79)80)25-45(77)59-33-4-1-7-39(22-33)70-50(85)61-63-52(70)87-89-54-65-66-55(72(54)41-9-2-5-34(23-41)60-46(78)26-69(43(28-75)48(81)82)37-18-12-31(57)13-19-37)90-88-53-64-62-51(86)71(53)40-8-3-6-35(24-40)67-73(44(29-76)49(83)84)38-20-14-32(58)15-21-38/h1-24,42-44,67,74-76H,25-29H2,(H,59,77)(H,60,78)(H,61,85)(H,62,86)(H,79,80)(H,81,82)(H,83,84). The number of carboxylic acid groups (broad SMARTS) is 3. The van der Waals surface area contributed by atoms with Gasteiger partial charge in [-0.25, -0.2) is 14.4 Å². The molecule has 9 rings (SSSR count). The molecule has 3 unspecified atom stereocenters. The van der Waals surface area contributed by atoms with E-state index in [9.17, 15) is 54.6 Å². The number of aliphatic carboxylic acids is 3. The van der Waals surface area contributed by atoms with E-state index in [1.54, 1.807) is 111 Å². The van der Waals surface area contributed by atoms with Crippen LogP contribution in [0.1, 0.15) is 0 Å². The third-order valence-electron chi connectivity index (χ3n) is 12.8. The average molecular weight is 1390 g/mol. The SMILES string of the molecule is O=C(CN(c1ccc(Cl)cc1)C(CO)C(=O)O)Nc1cccc(-n2c(S)nnc2SSc2nnc(SSc3nnc(S)n3-c3cccc(NN(c4ccc(Cl)cc4)C(CO)C(=O)O)c3)n2-c2cccc(NC(=O)CN(c3ccc(Cl)cc3)C(CO)C(=O)O)c2)c1. The molecular formula is C55H48Cl3N15O11S6. The first-order chi connectivity index (χ1) is 43.3. The minimum absolute atomic E-state index is 0.158. The molecule has 35 heteroatoms. The number of carbonyl (C=O) groups excluding carboxylic acids is 2. The number of carboxylic acids is 3. The van der Waals surface area contributed by atoms with Crippen LogP contribution in [0.2, 0.25) is 15.1 Å². The predicted molar refractivity (Wildman–Crippen MR) is 350 cm³/mol. The van der Waals surface area contributed by atoms with Crippen molar-refractivity contribution in [3.63, 3.8) is 0 Å². The molecule has 0 saturated carbocycles. The topological polar surface area (TPSA) is 345 Å². The number of thiol groups is 2. The maximum Gasteiger partial charge on any atom is 0.330 e. The van der Waals surface area contributed by atoms with Crippen LogP contribution >= 0.6 is 103 Å². The highest BCUT2D eigenvalue weighted by atomic mass is 35.5. The summed E-state index contributed by atoms with van der Waals surface area (Å²) in [6.07, 6.45) is 0. The number of nitrogens with zero attached hydrogens (tertiary/aromatic N) is 12. The molecule has 6 aromatic carbocycles. The second-order valence-corrected chi connectivity index (χ2v) is 24.9. The molecule has 26 nitrogen and oxygen atoms in total. The number of carbonyl (C=O) groups is 5. The van der Waals surface area contributed by atoms with Crippen molar-refractivity contribution in [3.05, 3.63) is 161 Å². The fraction of sp³-hybridized carbons (Fsp3) is 0.145. The maximum absolute atomic E-state index is 13.9. The highest BCUT2D eigenvalue weighted by Gasteiger charge is 2.31. The fourth-order valence-corrected chi connectivity index (χ4v) is 13.6. The van der Waals surface area contributed by atoms with E-state index in [-0.39, 0.29) is 26.3 Å². The van der Waals surface area contributed by atoms with Crippen molar-refractivity contribution in [2.24, 2.45) is 0 Å². The zero-order valence-electron chi connectivity index (χ0n) is 45.9. The van der Waals surface area contributed by atoms with Gasteiger partial charge in [-0.1, -0.05) is 53.0 Å². The van der Waals surface area contributed by atoms with Gasteiger partial charge in [-0.3, -0.25) is 33.7 Å². The van der Waals surface area contributed by atoms with Gasteiger partial charge in [0.25, 0.3) is 0 Å². The first-order valence-electron chi connectivity index (χ1n) is 26.0. The third kappa shape index (κ3) is 16.4. The monoisotopic (exact) mass is 1390 g/mol. The molecule has 0 aliphatic rings. The lowest BCUT2D eigenvalue weighted by atomic mass is 10.2. The van der Waals surface area contributed by atoms with E-state index in [0.29, 0.717) is 70.9 Å². The van der Waals surface area contributed by atoms with E-state index in [4.69, 9.17) is 34.8 Å². The predicted octanol–water partition coefficient (Wildman–Crippen LogP) is 8.63. The Labute approximate surface area is 552 Å². The Morgan fingerprint density at radius 1 is 0.444 bits per heavy atom. The number of aliphatic hydroxyl groups is 3. The van der Waals surface area contributed by atoms with Crippen LogP contribution in [0, 0.1) is 0 Å². The summed E-state index contributed by atoms with van der Waals surface area (Å²) in [5, 5.41) is 96.3. The number of hydrogen-bond acceptors (Lipinski definition) is 24. The number of aliphatic hydroxyl groups excluding tert-OH is 3. The Morgan fingerprint density at radius 2 is 0.767 bits per heavy atom. The molecule has 2 amide bonds. The van der Waals surface area contributed by atoms with Crippen molar-refractivity contribution in [3.8, 4) is 17.1 Å². The average Bonchev–Trinajstić information content (AvgIpc) is 1.79. The molecule has 0 fully saturated rings. The van der Waals surface area contributed by atoms with Crippen molar-refractivity contribution in [2.75, 3.05) is 63.8 Å². The molecule has 9 N–H and O–H groups in total. The Kier molecular flexibility index (Phi) is 22.8. The Bertz CT molecular complexity index is 4050. The largest absolute Gasteiger partial charge is 0.480 e. The number of benzene rings is 6. The van der Waals surface area contributed by atoms with Crippen LogP contribution in [0.5, 0.6) is 0 Å². The summed E-state index contributed by atoms with van der Waals surface area (Å²) in [4.78, 5) is 66.8. The van der Waals surface area contributed by atoms with E-state index >= 15 is 0 Å². The summed E-state index contributed by atoms with van der Waals surface area (Å²) in [6.45, 7) is -3.28. The summed E-state index contributed by atoms with van der Waals surface area (Å²) in [6, 6.07) is 34.4. The first kappa shape index (κ1) is 66.6. The number of nitrogens with one attached hydrogen (secondary N) is 3. The quantitative estimate of drug-likeness (QED) is 0.0119. The Hall–Kier alpha value is -7.86. The molecule has 3 aromatic heterocycles. The normalized spacial score (nSPS) is 12.2. The molecule has 0 aliphatic heterocycles. The highest BCUT2D eigenvalue weighted by molar-refractivity contribution is 8.77. The molecule has 0 radical (unpaired) electrons. The molecule has 0 spiro atoms. The minimum Gasteiger partial charge on any atom is -0.480 e. The van der Waals surface area contributed by atoms with Crippen LogP contribution < -0.4 is 30.9 Å². The zero-order chi connectivity index (χ0) is 64.2. The van der Waals surface area contributed by atoms with Crippen molar-refractivity contribution in [2.45, 2.75) is 49.1 Å². The summed E-state index contributed by atoms with van der Waals surface area (Å²) in [5.41, 5.74) is 6.54. The Morgan fingerprint density at radius 3 is 1.13 bits per heavy atom. The van der Waals surface area contributed by atoms with Gasteiger partial charge in [0.05, 0.1) is 61.3 Å². The van der Waals surface area contributed by atoms with E-state index in [1.807, 2.05) is 0 Å². The Balaban J connectivity index is 1.00. The smallest absolute Gasteiger partial charge is 0.330 e. The molecule has 466 valence electrons. The van der Waals surface area contributed by atoms with Crippen LogP contribution in [0.25, 0.3) is 17.1 Å². The molecule has 3 heterocycles. The van der Waals surface area contributed by atoms with Gasteiger partial charge in [0, 0.05) is 37.8 Å². The van der Waals surface area contributed by atoms with E-state index in [0.717, 1.165) is 43.2 Å². The number of anilines is 6. The van der Waals surface area contributed by atoms with Crippen molar-refractivity contribution in [1.29, 1.82) is 0 Å². The van der Waals surface area contributed by atoms with Crippen LogP contribution in [-0.4, -0.2) is 156 Å².